The molecule has 10 heteroatoms. The van der Waals surface area contributed by atoms with E-state index in [1.54, 1.807) is 47.9 Å². The topological polar surface area (TPSA) is 95.8 Å². The van der Waals surface area contributed by atoms with Crippen LogP contribution in [0.1, 0.15) is 48.5 Å². The summed E-state index contributed by atoms with van der Waals surface area (Å²) in [7, 11) is 3.32. The fourth-order valence-corrected chi connectivity index (χ4v) is 5.60. The zero-order valence-electron chi connectivity index (χ0n) is 18.7. The lowest BCUT2D eigenvalue weighted by Crippen LogP contribution is -2.33. The van der Waals surface area contributed by atoms with Gasteiger partial charge in [0.1, 0.15) is 22.3 Å². The molecule has 9 nitrogen and oxygen atoms in total. The van der Waals surface area contributed by atoms with Crippen molar-refractivity contribution in [3.63, 3.8) is 0 Å². The summed E-state index contributed by atoms with van der Waals surface area (Å²) >= 11 is 1.39. The van der Waals surface area contributed by atoms with Gasteiger partial charge in [0.2, 0.25) is 0 Å². The van der Waals surface area contributed by atoms with Gasteiger partial charge in [0.25, 0.3) is 5.56 Å². The van der Waals surface area contributed by atoms with Crippen LogP contribution in [0.5, 0.6) is 11.5 Å². The maximum Gasteiger partial charge on any atom is 0.415 e. The molecule has 2 aliphatic rings. The van der Waals surface area contributed by atoms with Crippen LogP contribution in [0.4, 0.5) is 4.79 Å². The van der Waals surface area contributed by atoms with Gasteiger partial charge in [-0.15, -0.1) is 0 Å². The number of carbonyl (C=O) groups is 1. The fourth-order valence-electron chi connectivity index (χ4n) is 4.51. The van der Waals surface area contributed by atoms with Gasteiger partial charge in [-0.05, 0) is 37.8 Å². The Kier molecular flexibility index (Phi) is 6.03. The number of carbonyl (C=O) groups excluding carboxylic acids is 1. The zero-order chi connectivity index (χ0) is 22.9. The molecular formula is C23H26N4O5S. The van der Waals surface area contributed by atoms with Crippen LogP contribution in [-0.4, -0.2) is 52.4 Å². The van der Waals surface area contributed by atoms with Crippen LogP contribution < -0.4 is 15.0 Å². The number of fused-ring (bicyclic) bond motifs is 1. The molecule has 0 bridgehead atoms. The van der Waals surface area contributed by atoms with Gasteiger partial charge in [-0.2, -0.15) is 0 Å². The number of hydrogen-bond donors (Lipinski definition) is 0. The molecule has 1 aromatic carbocycles. The second-order valence-electron chi connectivity index (χ2n) is 8.33. The third-order valence-corrected chi connectivity index (χ3v) is 7.35. The van der Waals surface area contributed by atoms with E-state index in [0.29, 0.717) is 41.6 Å². The number of aromatic nitrogens is 3. The quantitative estimate of drug-likeness (QED) is 0.575. The van der Waals surface area contributed by atoms with Gasteiger partial charge in [-0.3, -0.25) is 14.3 Å². The molecule has 2 aliphatic heterocycles. The molecule has 5 rings (SSSR count). The molecule has 2 fully saturated rings. The predicted molar refractivity (Wildman–Crippen MR) is 123 cm³/mol. The maximum atomic E-state index is 13.1. The Hall–Kier alpha value is -2.98. The van der Waals surface area contributed by atoms with Crippen molar-refractivity contribution in [3.8, 4) is 11.5 Å². The van der Waals surface area contributed by atoms with E-state index in [2.05, 4.69) is 4.98 Å². The first-order valence-corrected chi connectivity index (χ1v) is 11.9. The summed E-state index contributed by atoms with van der Waals surface area (Å²) in [5.41, 5.74) is 0.216. The minimum atomic E-state index is -0.436. The van der Waals surface area contributed by atoms with Gasteiger partial charge >= 0.3 is 6.09 Å². The fraction of sp³-hybridized carbons (Fsp3) is 0.478. The van der Waals surface area contributed by atoms with Crippen LogP contribution in [0.25, 0.3) is 10.3 Å². The second kappa shape index (κ2) is 9.11. The molecule has 2 saturated heterocycles. The average Bonchev–Trinajstić information content (AvgIpc) is 3.49. The third-order valence-electron chi connectivity index (χ3n) is 6.30. The predicted octanol–water partition coefficient (Wildman–Crippen LogP) is 3.63. The Bertz CT molecular complexity index is 1230. The summed E-state index contributed by atoms with van der Waals surface area (Å²) in [6, 6.07) is 6.71. The Morgan fingerprint density at radius 1 is 1.18 bits per heavy atom. The standard InChI is InChI=1S/C23H26N4O5S/c1-26-19(14-8-11-31-12-9-14)25-21-18(22(26)28)24-20(33-21)17-7-4-10-27(17)23(29)32-16-6-3-5-15(13-16)30-2/h3,5-6,13-14,17H,4,7-12H2,1-2H3. The van der Waals surface area contributed by atoms with E-state index in [9.17, 15) is 9.59 Å². The number of hydrogen-bond acceptors (Lipinski definition) is 8. The molecule has 174 valence electrons. The molecule has 0 aliphatic carbocycles. The van der Waals surface area contributed by atoms with E-state index in [0.717, 1.165) is 36.5 Å². The normalized spacial score (nSPS) is 19.2. The zero-order valence-corrected chi connectivity index (χ0v) is 19.5. The number of rotatable bonds is 4. The van der Waals surface area contributed by atoms with E-state index in [-0.39, 0.29) is 17.5 Å². The monoisotopic (exact) mass is 470 g/mol. The lowest BCUT2D eigenvalue weighted by Gasteiger charge is -2.22. The Labute approximate surface area is 194 Å². The summed E-state index contributed by atoms with van der Waals surface area (Å²) < 4.78 is 17.9. The number of amides is 1. The number of benzene rings is 1. The lowest BCUT2D eigenvalue weighted by molar-refractivity contribution is 0.0828. The summed E-state index contributed by atoms with van der Waals surface area (Å²) in [6.45, 7) is 1.93. The van der Waals surface area contributed by atoms with E-state index >= 15 is 0 Å². The number of thiazole rings is 1. The molecule has 0 saturated carbocycles. The highest BCUT2D eigenvalue weighted by atomic mass is 32.1. The first-order chi connectivity index (χ1) is 16.0. The first-order valence-electron chi connectivity index (χ1n) is 11.1. The van der Waals surface area contributed by atoms with Crippen molar-refractivity contribution in [2.24, 2.45) is 7.05 Å². The van der Waals surface area contributed by atoms with Crippen molar-refractivity contribution >= 4 is 27.8 Å². The number of likely N-dealkylation sites (tertiary alicyclic amines) is 1. The highest BCUT2D eigenvalue weighted by Crippen LogP contribution is 2.37. The van der Waals surface area contributed by atoms with Gasteiger partial charge in [-0.25, -0.2) is 14.8 Å². The SMILES string of the molecule is COc1cccc(OC(=O)N2CCCC2c2nc3c(=O)n(C)c(C4CCOCC4)nc3s2)c1. The molecule has 0 spiro atoms. The van der Waals surface area contributed by atoms with Gasteiger partial charge in [0.05, 0.1) is 13.2 Å². The molecule has 0 radical (unpaired) electrons. The van der Waals surface area contributed by atoms with Crippen LogP contribution in [0, 0.1) is 0 Å². The molecule has 2 aromatic heterocycles. The highest BCUT2D eigenvalue weighted by molar-refractivity contribution is 7.18. The molecule has 0 N–H and O–H groups in total. The van der Waals surface area contributed by atoms with Crippen molar-refractivity contribution in [1.29, 1.82) is 0 Å². The second-order valence-corrected chi connectivity index (χ2v) is 9.33. The summed E-state index contributed by atoms with van der Waals surface area (Å²) in [6.07, 6.45) is 2.87. The van der Waals surface area contributed by atoms with Crippen LogP contribution in [-0.2, 0) is 11.8 Å². The molecule has 3 aromatic rings. The number of methoxy groups -OCH3 is 1. The van der Waals surface area contributed by atoms with Crippen molar-refractivity contribution < 1.29 is 19.0 Å². The smallest absolute Gasteiger partial charge is 0.415 e. The van der Waals surface area contributed by atoms with Gasteiger partial charge in [-0.1, -0.05) is 17.4 Å². The van der Waals surface area contributed by atoms with E-state index in [1.165, 1.54) is 11.3 Å². The molecule has 4 heterocycles. The number of nitrogens with zero attached hydrogens (tertiary/aromatic N) is 4. The lowest BCUT2D eigenvalue weighted by atomic mass is 9.99. The summed E-state index contributed by atoms with van der Waals surface area (Å²) in [5.74, 6) is 2.02. The largest absolute Gasteiger partial charge is 0.497 e. The van der Waals surface area contributed by atoms with Crippen LogP contribution in [0.3, 0.4) is 0 Å². The van der Waals surface area contributed by atoms with Gasteiger partial charge in [0, 0.05) is 38.8 Å². The highest BCUT2D eigenvalue weighted by Gasteiger charge is 2.34. The van der Waals surface area contributed by atoms with Crippen molar-refractivity contribution in [2.75, 3.05) is 26.9 Å². The van der Waals surface area contributed by atoms with Crippen LogP contribution in [0.15, 0.2) is 29.1 Å². The van der Waals surface area contributed by atoms with Crippen LogP contribution in [0.2, 0.25) is 0 Å². The van der Waals surface area contributed by atoms with Gasteiger partial charge < -0.3 is 14.2 Å². The molecule has 1 amide bonds. The number of ether oxygens (including phenoxy) is 3. The Balaban J connectivity index is 1.42. The third kappa shape index (κ3) is 4.20. The Morgan fingerprint density at radius 3 is 2.76 bits per heavy atom. The summed E-state index contributed by atoms with van der Waals surface area (Å²) in [4.78, 5) is 37.8. The van der Waals surface area contributed by atoms with E-state index < -0.39 is 6.09 Å². The molecular weight excluding hydrogens is 444 g/mol. The molecule has 1 atom stereocenters. The van der Waals surface area contributed by atoms with Crippen molar-refractivity contribution in [3.05, 3.63) is 45.5 Å². The average molecular weight is 471 g/mol. The van der Waals surface area contributed by atoms with E-state index in [4.69, 9.17) is 19.2 Å². The van der Waals surface area contributed by atoms with E-state index in [1.807, 2.05) is 0 Å². The van der Waals surface area contributed by atoms with Crippen molar-refractivity contribution in [1.82, 2.24) is 19.4 Å². The summed E-state index contributed by atoms with van der Waals surface area (Å²) in [5, 5.41) is 0.721. The maximum absolute atomic E-state index is 13.1. The molecule has 33 heavy (non-hydrogen) atoms. The Morgan fingerprint density at radius 2 is 1.97 bits per heavy atom. The minimum absolute atomic E-state index is 0.146. The molecule has 1 unspecified atom stereocenters. The van der Waals surface area contributed by atoms with Crippen LogP contribution >= 0.6 is 11.3 Å². The van der Waals surface area contributed by atoms with Crippen molar-refractivity contribution in [2.45, 2.75) is 37.6 Å². The first kappa shape index (κ1) is 21.8. The minimum Gasteiger partial charge on any atom is -0.497 e. The van der Waals surface area contributed by atoms with Gasteiger partial charge in [0.15, 0.2) is 10.3 Å².